The zero-order chi connectivity index (χ0) is 14.9. The van der Waals surface area contributed by atoms with Crippen LogP contribution in [0.1, 0.15) is 46.0 Å². The molecule has 2 heterocycles. The molecule has 1 N–H and O–H groups in total. The molecule has 5 heteroatoms. The third kappa shape index (κ3) is 3.19. The zero-order valence-corrected chi connectivity index (χ0v) is 13.3. The molecule has 0 unspecified atom stereocenters. The van der Waals surface area contributed by atoms with Crippen LogP contribution in [0, 0.1) is 11.8 Å². The van der Waals surface area contributed by atoms with E-state index in [1.165, 1.54) is 19.3 Å². The summed E-state index contributed by atoms with van der Waals surface area (Å²) in [5.74, 6) is 0.450. The van der Waals surface area contributed by atoms with Crippen molar-refractivity contribution in [2.45, 2.75) is 57.8 Å². The molecule has 0 bridgehead atoms. The summed E-state index contributed by atoms with van der Waals surface area (Å²) in [5, 5.41) is 3.18. The molecule has 0 radical (unpaired) electrons. The number of hydrogen-bond donors (Lipinski definition) is 1. The van der Waals surface area contributed by atoms with Crippen LogP contribution in [0.4, 0.5) is 4.79 Å². The van der Waals surface area contributed by atoms with E-state index < -0.39 is 5.79 Å². The SMILES string of the molecule is C[C@H](NC(=O)N1CCC[C@@H](C2(C)OCCO2)C1)C1CCC1. The van der Waals surface area contributed by atoms with Crippen LogP contribution < -0.4 is 5.32 Å². The van der Waals surface area contributed by atoms with Crippen molar-refractivity contribution in [1.29, 1.82) is 0 Å². The number of nitrogens with one attached hydrogen (secondary N) is 1. The normalized spacial score (nSPS) is 30.8. The highest BCUT2D eigenvalue weighted by atomic mass is 16.7. The van der Waals surface area contributed by atoms with Crippen molar-refractivity contribution in [3.05, 3.63) is 0 Å². The van der Waals surface area contributed by atoms with Gasteiger partial charge in [0.05, 0.1) is 13.2 Å². The van der Waals surface area contributed by atoms with E-state index in [2.05, 4.69) is 12.2 Å². The number of ether oxygens (including phenoxy) is 2. The van der Waals surface area contributed by atoms with Crippen molar-refractivity contribution in [2.24, 2.45) is 11.8 Å². The van der Waals surface area contributed by atoms with E-state index in [9.17, 15) is 4.79 Å². The molecule has 1 saturated carbocycles. The summed E-state index contributed by atoms with van der Waals surface area (Å²) >= 11 is 0. The van der Waals surface area contributed by atoms with Gasteiger partial charge in [-0.15, -0.1) is 0 Å². The number of likely N-dealkylation sites (tertiary alicyclic amines) is 1. The number of nitrogens with zero attached hydrogens (tertiary/aromatic N) is 1. The third-order valence-corrected chi connectivity index (χ3v) is 5.52. The largest absolute Gasteiger partial charge is 0.347 e. The molecule has 0 aromatic heterocycles. The molecular weight excluding hydrogens is 268 g/mol. The second-order valence-electron chi connectivity index (χ2n) is 6.93. The van der Waals surface area contributed by atoms with Crippen LogP contribution in [0.2, 0.25) is 0 Å². The van der Waals surface area contributed by atoms with E-state index >= 15 is 0 Å². The van der Waals surface area contributed by atoms with Crippen molar-refractivity contribution in [3.8, 4) is 0 Å². The Morgan fingerprint density at radius 2 is 1.95 bits per heavy atom. The van der Waals surface area contributed by atoms with Gasteiger partial charge in [0.15, 0.2) is 5.79 Å². The fourth-order valence-electron chi connectivity index (χ4n) is 3.70. The lowest BCUT2D eigenvalue weighted by atomic mass is 9.80. The van der Waals surface area contributed by atoms with Gasteiger partial charge in [-0.2, -0.15) is 0 Å². The van der Waals surface area contributed by atoms with Gasteiger partial charge in [-0.25, -0.2) is 4.79 Å². The molecule has 2 amide bonds. The van der Waals surface area contributed by atoms with Gasteiger partial charge < -0.3 is 19.7 Å². The highest BCUT2D eigenvalue weighted by molar-refractivity contribution is 5.74. The van der Waals surface area contributed by atoms with Crippen LogP contribution in [-0.2, 0) is 9.47 Å². The first-order valence-corrected chi connectivity index (χ1v) is 8.42. The molecule has 2 atom stereocenters. The Kier molecular flexibility index (Phi) is 4.41. The summed E-state index contributed by atoms with van der Waals surface area (Å²) in [4.78, 5) is 14.4. The quantitative estimate of drug-likeness (QED) is 0.870. The molecule has 0 spiro atoms. The van der Waals surface area contributed by atoms with Gasteiger partial charge in [-0.1, -0.05) is 6.42 Å². The smallest absolute Gasteiger partial charge is 0.317 e. The molecule has 0 aromatic carbocycles. The van der Waals surface area contributed by atoms with Crippen LogP contribution >= 0.6 is 0 Å². The van der Waals surface area contributed by atoms with Gasteiger partial charge in [-0.05, 0) is 45.4 Å². The summed E-state index contributed by atoms with van der Waals surface area (Å²) < 4.78 is 11.5. The predicted octanol–water partition coefficient (Wildman–Crippen LogP) is 2.36. The number of rotatable bonds is 3. The minimum atomic E-state index is -0.501. The highest BCUT2D eigenvalue weighted by Gasteiger charge is 2.42. The number of amides is 2. The first-order chi connectivity index (χ1) is 10.1. The zero-order valence-electron chi connectivity index (χ0n) is 13.3. The lowest BCUT2D eigenvalue weighted by Gasteiger charge is -2.41. The Balaban J connectivity index is 1.53. The second kappa shape index (κ2) is 6.13. The first-order valence-electron chi connectivity index (χ1n) is 8.42. The Morgan fingerprint density at radius 1 is 1.24 bits per heavy atom. The van der Waals surface area contributed by atoms with Crippen LogP contribution in [0.5, 0.6) is 0 Å². The minimum absolute atomic E-state index is 0.0840. The molecule has 1 aliphatic carbocycles. The van der Waals surface area contributed by atoms with E-state index in [4.69, 9.17) is 9.47 Å². The number of piperidine rings is 1. The molecule has 0 aromatic rings. The minimum Gasteiger partial charge on any atom is -0.347 e. The van der Waals surface area contributed by atoms with Gasteiger partial charge in [-0.3, -0.25) is 0 Å². The summed E-state index contributed by atoms with van der Waals surface area (Å²) in [6.45, 7) is 7.06. The fraction of sp³-hybridized carbons (Fsp3) is 0.938. The number of carbonyl (C=O) groups is 1. The molecule has 3 rings (SSSR count). The Hall–Kier alpha value is -0.810. The third-order valence-electron chi connectivity index (χ3n) is 5.52. The van der Waals surface area contributed by atoms with E-state index in [1.54, 1.807) is 0 Å². The number of hydrogen-bond acceptors (Lipinski definition) is 3. The molecule has 2 aliphatic heterocycles. The van der Waals surface area contributed by atoms with Crippen molar-refractivity contribution in [1.82, 2.24) is 10.2 Å². The summed E-state index contributed by atoms with van der Waals surface area (Å²) in [6.07, 6.45) is 5.91. The van der Waals surface area contributed by atoms with Crippen LogP contribution in [0.15, 0.2) is 0 Å². The predicted molar refractivity (Wildman–Crippen MR) is 79.9 cm³/mol. The van der Waals surface area contributed by atoms with Gasteiger partial charge in [0.1, 0.15) is 0 Å². The van der Waals surface area contributed by atoms with Crippen molar-refractivity contribution >= 4 is 6.03 Å². The van der Waals surface area contributed by atoms with Crippen LogP contribution in [0.3, 0.4) is 0 Å². The Bertz CT molecular complexity index is 378. The monoisotopic (exact) mass is 296 g/mol. The molecule has 3 fully saturated rings. The van der Waals surface area contributed by atoms with Crippen LogP contribution in [0.25, 0.3) is 0 Å². The Labute approximate surface area is 127 Å². The summed E-state index contributed by atoms with van der Waals surface area (Å²) in [6, 6.07) is 0.377. The molecule has 21 heavy (non-hydrogen) atoms. The number of carbonyl (C=O) groups excluding carboxylic acids is 1. The fourth-order valence-corrected chi connectivity index (χ4v) is 3.70. The maximum atomic E-state index is 12.5. The van der Waals surface area contributed by atoms with Gasteiger partial charge in [0.25, 0.3) is 0 Å². The van der Waals surface area contributed by atoms with E-state index in [0.717, 1.165) is 25.9 Å². The molecule has 120 valence electrons. The number of urea groups is 1. The molecule has 5 nitrogen and oxygen atoms in total. The molecule has 3 aliphatic rings. The van der Waals surface area contributed by atoms with Crippen molar-refractivity contribution in [2.75, 3.05) is 26.3 Å². The summed E-state index contributed by atoms with van der Waals surface area (Å²) in [7, 11) is 0. The van der Waals surface area contributed by atoms with Gasteiger partial charge in [0.2, 0.25) is 0 Å². The Morgan fingerprint density at radius 3 is 2.57 bits per heavy atom. The van der Waals surface area contributed by atoms with Crippen molar-refractivity contribution in [3.63, 3.8) is 0 Å². The maximum Gasteiger partial charge on any atom is 0.317 e. The lowest BCUT2D eigenvalue weighted by Crippen LogP contribution is -2.53. The highest BCUT2D eigenvalue weighted by Crippen LogP contribution is 2.34. The van der Waals surface area contributed by atoms with Gasteiger partial charge >= 0.3 is 6.03 Å². The maximum absolute atomic E-state index is 12.5. The van der Waals surface area contributed by atoms with Crippen LogP contribution in [-0.4, -0.2) is 49.1 Å². The molecular formula is C16H28N2O3. The second-order valence-corrected chi connectivity index (χ2v) is 6.93. The topological polar surface area (TPSA) is 50.8 Å². The van der Waals surface area contributed by atoms with Gasteiger partial charge in [0, 0.05) is 25.0 Å². The average molecular weight is 296 g/mol. The average Bonchev–Trinajstić information content (AvgIpc) is 2.85. The summed E-state index contributed by atoms with van der Waals surface area (Å²) in [5.41, 5.74) is 0. The van der Waals surface area contributed by atoms with Crippen molar-refractivity contribution < 1.29 is 14.3 Å². The van der Waals surface area contributed by atoms with E-state index in [0.29, 0.717) is 25.2 Å². The standard InChI is InChI=1S/C16H28N2O3/c1-12(13-5-3-6-13)17-15(19)18-8-4-7-14(11-18)16(2)20-9-10-21-16/h12-14H,3-11H2,1-2H3,(H,17,19)/t12-,14+/m0/s1. The first kappa shape index (κ1) is 15.1. The molecule has 2 saturated heterocycles. The lowest BCUT2D eigenvalue weighted by molar-refractivity contribution is -0.189. The van der Waals surface area contributed by atoms with E-state index in [1.807, 2.05) is 11.8 Å². The van der Waals surface area contributed by atoms with E-state index in [-0.39, 0.29) is 11.9 Å².